The van der Waals surface area contributed by atoms with Gasteiger partial charge in [-0.2, -0.15) is 0 Å². The molecule has 2 rings (SSSR count). The summed E-state index contributed by atoms with van der Waals surface area (Å²) in [5, 5.41) is 14.5. The van der Waals surface area contributed by atoms with Crippen LogP contribution in [0.4, 0.5) is 11.4 Å². The third kappa shape index (κ3) is 3.18. The highest BCUT2D eigenvalue weighted by Crippen LogP contribution is 2.29. The Hall–Kier alpha value is -2.44. The molecule has 7 nitrogen and oxygen atoms in total. The monoisotopic (exact) mass is 290 g/mol. The van der Waals surface area contributed by atoms with E-state index in [2.05, 4.69) is 36.1 Å². The van der Waals surface area contributed by atoms with Crippen LogP contribution in [-0.4, -0.2) is 21.4 Å². The molecule has 1 aromatic heterocycles. The Balaban J connectivity index is 2.49. The first kappa shape index (κ1) is 15.0. The van der Waals surface area contributed by atoms with E-state index in [9.17, 15) is 14.9 Å². The molecule has 1 heterocycles. The van der Waals surface area contributed by atoms with E-state index in [-0.39, 0.29) is 22.0 Å². The van der Waals surface area contributed by atoms with Gasteiger partial charge in [0, 0.05) is 12.6 Å². The zero-order chi connectivity index (χ0) is 15.6. The van der Waals surface area contributed by atoms with E-state index in [4.69, 9.17) is 0 Å². The van der Waals surface area contributed by atoms with Crippen LogP contribution in [0.2, 0.25) is 0 Å². The van der Waals surface area contributed by atoms with E-state index in [0.717, 1.165) is 6.42 Å². The normalized spacial score (nSPS) is 11.6. The number of anilines is 1. The van der Waals surface area contributed by atoms with Crippen molar-refractivity contribution in [1.82, 2.24) is 9.97 Å². The third-order valence-corrected chi connectivity index (χ3v) is 3.67. The van der Waals surface area contributed by atoms with Crippen LogP contribution >= 0.6 is 0 Å². The zero-order valence-electron chi connectivity index (χ0n) is 12.3. The van der Waals surface area contributed by atoms with Crippen molar-refractivity contribution in [1.29, 1.82) is 0 Å². The maximum atomic E-state index is 11.7. The lowest BCUT2D eigenvalue weighted by atomic mass is 9.90. The van der Waals surface area contributed by atoms with Gasteiger partial charge in [-0.25, -0.2) is 4.98 Å². The molecule has 0 saturated carbocycles. The first-order chi connectivity index (χ1) is 9.84. The summed E-state index contributed by atoms with van der Waals surface area (Å²) in [6.45, 7) is 6.82. The van der Waals surface area contributed by atoms with E-state index < -0.39 is 4.92 Å². The van der Waals surface area contributed by atoms with E-state index in [1.54, 1.807) is 6.07 Å². The Morgan fingerprint density at radius 2 is 2.14 bits per heavy atom. The van der Waals surface area contributed by atoms with Crippen LogP contribution in [0.3, 0.4) is 0 Å². The first-order valence-corrected chi connectivity index (χ1v) is 6.74. The number of aromatic amines is 1. The summed E-state index contributed by atoms with van der Waals surface area (Å²) in [6, 6.07) is 2.82. The fourth-order valence-corrected chi connectivity index (χ4v) is 1.86. The molecule has 0 amide bonds. The molecule has 2 aromatic rings. The number of nitro benzene ring substituents is 1. The third-order valence-electron chi connectivity index (χ3n) is 3.67. The Kier molecular flexibility index (Phi) is 3.93. The van der Waals surface area contributed by atoms with Crippen molar-refractivity contribution in [2.45, 2.75) is 27.2 Å². The molecular weight excluding hydrogens is 272 g/mol. The number of fused-ring (bicyclic) bond motifs is 1. The molecule has 21 heavy (non-hydrogen) atoms. The standard InChI is InChI=1S/C14H18N4O3/c1-4-14(2,3)7-15-11-6-10-9(5-12(11)18(20)21)13(19)17-8-16-10/h5-6,8,15H,4,7H2,1-3H3,(H,16,17,19). The summed E-state index contributed by atoms with van der Waals surface area (Å²) in [5.74, 6) is 0. The SMILES string of the molecule is CCC(C)(C)CNc1cc2nc[nH]c(=O)c2cc1[N+](=O)[O-]. The molecule has 0 spiro atoms. The molecule has 2 N–H and O–H groups in total. The van der Waals surface area contributed by atoms with Gasteiger partial charge in [0.25, 0.3) is 11.2 Å². The smallest absolute Gasteiger partial charge is 0.293 e. The Morgan fingerprint density at radius 3 is 2.76 bits per heavy atom. The number of nitrogens with one attached hydrogen (secondary N) is 2. The van der Waals surface area contributed by atoms with Crippen LogP contribution in [0.25, 0.3) is 10.9 Å². The van der Waals surface area contributed by atoms with Gasteiger partial charge in [0.2, 0.25) is 0 Å². The average Bonchev–Trinajstić information content (AvgIpc) is 2.44. The Labute approximate surface area is 121 Å². The molecule has 0 bridgehead atoms. The van der Waals surface area contributed by atoms with E-state index in [1.807, 2.05) is 0 Å². The minimum Gasteiger partial charge on any atom is -0.379 e. The van der Waals surface area contributed by atoms with Crippen LogP contribution in [-0.2, 0) is 0 Å². The summed E-state index contributed by atoms with van der Waals surface area (Å²) in [5.41, 5.74) is 0.328. The quantitative estimate of drug-likeness (QED) is 0.651. The second-order valence-electron chi connectivity index (χ2n) is 5.75. The summed E-state index contributed by atoms with van der Waals surface area (Å²) in [6.07, 6.45) is 2.23. The minimum absolute atomic E-state index is 0.0183. The maximum Gasteiger partial charge on any atom is 0.293 e. The highest BCUT2D eigenvalue weighted by molar-refractivity contribution is 5.86. The van der Waals surface area contributed by atoms with Gasteiger partial charge in [-0.05, 0) is 17.9 Å². The minimum atomic E-state index is -0.493. The second-order valence-corrected chi connectivity index (χ2v) is 5.75. The van der Waals surface area contributed by atoms with Crippen molar-refractivity contribution in [2.75, 3.05) is 11.9 Å². The molecule has 0 saturated heterocycles. The fourth-order valence-electron chi connectivity index (χ4n) is 1.86. The summed E-state index contributed by atoms with van der Waals surface area (Å²) < 4.78 is 0. The molecule has 0 aliphatic heterocycles. The van der Waals surface area contributed by atoms with Crippen LogP contribution in [0.15, 0.2) is 23.3 Å². The van der Waals surface area contributed by atoms with Gasteiger partial charge >= 0.3 is 0 Å². The Morgan fingerprint density at radius 1 is 1.43 bits per heavy atom. The number of H-pyrrole nitrogens is 1. The lowest BCUT2D eigenvalue weighted by Crippen LogP contribution is -2.22. The van der Waals surface area contributed by atoms with Gasteiger partial charge in [-0.15, -0.1) is 0 Å². The lowest BCUT2D eigenvalue weighted by Gasteiger charge is -2.23. The Bertz CT molecular complexity index is 737. The first-order valence-electron chi connectivity index (χ1n) is 6.74. The molecule has 0 atom stereocenters. The number of benzene rings is 1. The van der Waals surface area contributed by atoms with Crippen molar-refractivity contribution < 1.29 is 4.92 Å². The van der Waals surface area contributed by atoms with Crippen LogP contribution < -0.4 is 10.9 Å². The molecule has 0 fully saturated rings. The van der Waals surface area contributed by atoms with Gasteiger partial charge < -0.3 is 10.3 Å². The molecular formula is C14H18N4O3. The van der Waals surface area contributed by atoms with Crippen molar-refractivity contribution in [3.63, 3.8) is 0 Å². The molecule has 0 aliphatic carbocycles. The van der Waals surface area contributed by atoms with Crippen LogP contribution in [0, 0.1) is 15.5 Å². The number of rotatable bonds is 5. The second kappa shape index (κ2) is 5.51. The number of aromatic nitrogens is 2. The largest absolute Gasteiger partial charge is 0.379 e. The number of nitro groups is 1. The average molecular weight is 290 g/mol. The number of hydrogen-bond acceptors (Lipinski definition) is 5. The molecule has 0 unspecified atom stereocenters. The highest BCUT2D eigenvalue weighted by atomic mass is 16.6. The summed E-state index contributed by atoms with van der Waals surface area (Å²) >= 11 is 0. The van der Waals surface area contributed by atoms with E-state index >= 15 is 0 Å². The molecule has 1 aromatic carbocycles. The van der Waals surface area contributed by atoms with Gasteiger partial charge in [-0.1, -0.05) is 20.8 Å². The molecule has 0 radical (unpaired) electrons. The number of nitrogens with zero attached hydrogens (tertiary/aromatic N) is 2. The molecule has 112 valence electrons. The van der Waals surface area contributed by atoms with E-state index in [0.29, 0.717) is 17.7 Å². The van der Waals surface area contributed by atoms with Crippen LogP contribution in [0.5, 0.6) is 0 Å². The predicted octanol–water partition coefficient (Wildman–Crippen LogP) is 2.68. The predicted molar refractivity (Wildman–Crippen MR) is 81.6 cm³/mol. The molecule has 0 aliphatic rings. The number of hydrogen-bond donors (Lipinski definition) is 2. The zero-order valence-corrected chi connectivity index (χ0v) is 12.3. The van der Waals surface area contributed by atoms with Crippen LogP contribution in [0.1, 0.15) is 27.2 Å². The van der Waals surface area contributed by atoms with Gasteiger partial charge in [0.1, 0.15) is 5.69 Å². The maximum absolute atomic E-state index is 11.7. The molecule has 7 heteroatoms. The lowest BCUT2D eigenvalue weighted by molar-refractivity contribution is -0.383. The van der Waals surface area contributed by atoms with E-state index in [1.165, 1.54) is 12.4 Å². The summed E-state index contributed by atoms with van der Waals surface area (Å²) in [7, 11) is 0. The highest BCUT2D eigenvalue weighted by Gasteiger charge is 2.20. The van der Waals surface area contributed by atoms with Gasteiger partial charge in [0.05, 0.1) is 22.2 Å². The van der Waals surface area contributed by atoms with Crippen molar-refractivity contribution in [3.8, 4) is 0 Å². The fraction of sp³-hybridized carbons (Fsp3) is 0.429. The van der Waals surface area contributed by atoms with Crippen molar-refractivity contribution >= 4 is 22.3 Å². The summed E-state index contributed by atoms with van der Waals surface area (Å²) in [4.78, 5) is 28.9. The van der Waals surface area contributed by atoms with Gasteiger partial charge in [-0.3, -0.25) is 14.9 Å². The van der Waals surface area contributed by atoms with Gasteiger partial charge in [0.15, 0.2) is 0 Å². The van der Waals surface area contributed by atoms with Crippen molar-refractivity contribution in [2.24, 2.45) is 5.41 Å². The van der Waals surface area contributed by atoms with Crippen molar-refractivity contribution in [3.05, 3.63) is 38.9 Å². The topological polar surface area (TPSA) is 101 Å².